The molecule has 6 nitrogen and oxygen atoms in total. The Morgan fingerprint density at radius 3 is 2.60 bits per heavy atom. The van der Waals surface area contributed by atoms with Gasteiger partial charge in [-0.3, -0.25) is 9.78 Å². The summed E-state index contributed by atoms with van der Waals surface area (Å²) in [6.07, 6.45) is 3.15. The number of nitrogens with one attached hydrogen (secondary N) is 1. The SMILES string of the molecule is O=C1CN(Cc2ccncc2)S(=O)(=O)N1. The van der Waals surface area contributed by atoms with Gasteiger partial charge in [-0.1, -0.05) is 0 Å². The van der Waals surface area contributed by atoms with Gasteiger partial charge < -0.3 is 0 Å². The van der Waals surface area contributed by atoms with Crippen molar-refractivity contribution in [3.63, 3.8) is 0 Å². The highest BCUT2D eigenvalue weighted by molar-refractivity contribution is 7.88. The van der Waals surface area contributed by atoms with E-state index in [1.165, 1.54) is 0 Å². The number of carbonyl (C=O) groups excluding carboxylic acids is 1. The van der Waals surface area contributed by atoms with Gasteiger partial charge in [0.15, 0.2) is 0 Å². The molecule has 0 aliphatic carbocycles. The van der Waals surface area contributed by atoms with Crippen LogP contribution in [0.15, 0.2) is 24.5 Å². The van der Waals surface area contributed by atoms with Crippen molar-refractivity contribution in [2.75, 3.05) is 6.54 Å². The second kappa shape index (κ2) is 3.59. The van der Waals surface area contributed by atoms with Gasteiger partial charge in [0.2, 0.25) is 5.91 Å². The van der Waals surface area contributed by atoms with Gasteiger partial charge in [-0.05, 0) is 17.7 Å². The lowest BCUT2D eigenvalue weighted by atomic mass is 10.3. The van der Waals surface area contributed by atoms with Crippen LogP contribution in [0.1, 0.15) is 5.56 Å². The molecule has 0 radical (unpaired) electrons. The molecule has 7 heteroatoms. The van der Waals surface area contributed by atoms with Crippen LogP contribution in [0.3, 0.4) is 0 Å². The standard InChI is InChI=1S/C8H9N3O3S/c12-8-6-11(15(13,14)10-8)5-7-1-3-9-4-2-7/h1-4H,5-6H2,(H,10,12). The zero-order chi connectivity index (χ0) is 10.9. The fourth-order valence-corrected chi connectivity index (χ4v) is 2.41. The molecule has 0 atom stereocenters. The Morgan fingerprint density at radius 1 is 1.40 bits per heavy atom. The number of aromatic nitrogens is 1. The molecule has 1 aromatic heterocycles. The number of carbonyl (C=O) groups is 1. The number of amides is 1. The van der Waals surface area contributed by atoms with E-state index in [4.69, 9.17) is 0 Å². The van der Waals surface area contributed by atoms with E-state index in [0.717, 1.165) is 9.87 Å². The van der Waals surface area contributed by atoms with Crippen molar-refractivity contribution in [2.24, 2.45) is 0 Å². The van der Waals surface area contributed by atoms with E-state index in [-0.39, 0.29) is 13.1 Å². The van der Waals surface area contributed by atoms with Gasteiger partial charge in [-0.25, -0.2) is 4.72 Å². The predicted octanol–water partition coefficient (Wildman–Crippen LogP) is -0.742. The molecule has 1 N–H and O–H groups in total. The number of hydrogen-bond donors (Lipinski definition) is 1. The molecule has 0 spiro atoms. The molecule has 1 saturated heterocycles. The van der Waals surface area contributed by atoms with Gasteiger partial charge in [0.05, 0.1) is 6.54 Å². The molecule has 80 valence electrons. The summed E-state index contributed by atoms with van der Waals surface area (Å²) >= 11 is 0. The Hall–Kier alpha value is -1.47. The number of hydrogen-bond acceptors (Lipinski definition) is 4. The summed E-state index contributed by atoms with van der Waals surface area (Å²) in [6.45, 7) is 0.0637. The van der Waals surface area contributed by atoms with Crippen molar-refractivity contribution >= 4 is 16.1 Å². The number of nitrogens with zero attached hydrogens (tertiary/aromatic N) is 2. The minimum absolute atomic E-state index is 0.120. The lowest BCUT2D eigenvalue weighted by molar-refractivity contribution is -0.118. The monoisotopic (exact) mass is 227 g/mol. The molecular weight excluding hydrogens is 218 g/mol. The molecule has 0 aromatic carbocycles. The average molecular weight is 227 g/mol. The van der Waals surface area contributed by atoms with Gasteiger partial charge in [0.1, 0.15) is 0 Å². The third-order valence-corrected chi connectivity index (χ3v) is 3.43. The summed E-state index contributed by atoms with van der Waals surface area (Å²) in [5.74, 6) is -0.496. The Labute approximate surface area is 87.1 Å². The van der Waals surface area contributed by atoms with Crippen molar-refractivity contribution in [1.82, 2.24) is 14.0 Å². The van der Waals surface area contributed by atoms with Crippen LogP contribution < -0.4 is 4.72 Å². The first-order valence-electron chi connectivity index (χ1n) is 4.27. The fraction of sp³-hybridized carbons (Fsp3) is 0.250. The molecule has 0 unspecified atom stereocenters. The second-order valence-electron chi connectivity index (χ2n) is 3.15. The molecule has 1 aliphatic rings. The van der Waals surface area contributed by atoms with Crippen LogP contribution in [0.2, 0.25) is 0 Å². The molecule has 15 heavy (non-hydrogen) atoms. The van der Waals surface area contributed by atoms with E-state index in [1.807, 2.05) is 4.72 Å². The van der Waals surface area contributed by atoms with Crippen LogP contribution in [0.25, 0.3) is 0 Å². The van der Waals surface area contributed by atoms with Gasteiger partial charge in [0, 0.05) is 18.9 Å². The van der Waals surface area contributed by atoms with E-state index >= 15 is 0 Å². The number of pyridine rings is 1. The summed E-state index contributed by atoms with van der Waals surface area (Å²) in [4.78, 5) is 14.7. The highest BCUT2D eigenvalue weighted by Crippen LogP contribution is 2.10. The maximum Gasteiger partial charge on any atom is 0.304 e. The Balaban J connectivity index is 2.17. The van der Waals surface area contributed by atoms with Gasteiger partial charge in [0.25, 0.3) is 0 Å². The lowest BCUT2D eigenvalue weighted by Crippen LogP contribution is -2.29. The Bertz CT molecular complexity index is 471. The maximum atomic E-state index is 11.4. The molecule has 2 heterocycles. The minimum atomic E-state index is -3.62. The topological polar surface area (TPSA) is 79.4 Å². The van der Waals surface area contributed by atoms with Crippen molar-refractivity contribution in [3.8, 4) is 0 Å². The first kappa shape index (κ1) is 10.1. The van der Waals surface area contributed by atoms with Crippen molar-refractivity contribution < 1.29 is 13.2 Å². The summed E-state index contributed by atoms with van der Waals surface area (Å²) in [5.41, 5.74) is 0.796. The number of rotatable bonds is 2. The zero-order valence-electron chi connectivity index (χ0n) is 7.75. The zero-order valence-corrected chi connectivity index (χ0v) is 8.57. The van der Waals surface area contributed by atoms with Crippen LogP contribution in [-0.2, 0) is 21.5 Å². The van der Waals surface area contributed by atoms with Crippen LogP contribution >= 0.6 is 0 Å². The van der Waals surface area contributed by atoms with Crippen LogP contribution in [0.4, 0.5) is 0 Å². The maximum absolute atomic E-state index is 11.4. The van der Waals surface area contributed by atoms with Crippen molar-refractivity contribution in [2.45, 2.75) is 6.54 Å². The first-order valence-corrected chi connectivity index (χ1v) is 5.71. The highest BCUT2D eigenvalue weighted by Gasteiger charge is 2.33. The molecule has 1 aliphatic heterocycles. The molecule has 0 bridgehead atoms. The van der Waals surface area contributed by atoms with Crippen molar-refractivity contribution in [3.05, 3.63) is 30.1 Å². The van der Waals surface area contributed by atoms with Crippen LogP contribution in [0.5, 0.6) is 0 Å². The summed E-state index contributed by atoms with van der Waals surface area (Å²) in [5, 5.41) is 0. The lowest BCUT2D eigenvalue weighted by Gasteiger charge is -2.11. The normalized spacial score (nSPS) is 20.1. The summed E-state index contributed by atoms with van der Waals surface area (Å²) in [6, 6.07) is 3.41. The van der Waals surface area contributed by atoms with E-state index in [1.54, 1.807) is 24.5 Å². The predicted molar refractivity (Wildman–Crippen MR) is 51.7 cm³/mol. The van der Waals surface area contributed by atoms with E-state index in [9.17, 15) is 13.2 Å². The largest absolute Gasteiger partial charge is 0.304 e. The highest BCUT2D eigenvalue weighted by atomic mass is 32.2. The third kappa shape index (κ3) is 2.13. The smallest absolute Gasteiger partial charge is 0.272 e. The van der Waals surface area contributed by atoms with Crippen LogP contribution in [0, 0.1) is 0 Å². The molecule has 1 fully saturated rings. The molecule has 1 amide bonds. The minimum Gasteiger partial charge on any atom is -0.272 e. The molecule has 1 aromatic rings. The fourth-order valence-electron chi connectivity index (χ4n) is 1.32. The van der Waals surface area contributed by atoms with Gasteiger partial charge >= 0.3 is 10.2 Å². The average Bonchev–Trinajstić information content (AvgIpc) is 2.41. The first-order chi connectivity index (χ1) is 7.08. The molecule has 0 saturated carbocycles. The van der Waals surface area contributed by atoms with Crippen molar-refractivity contribution in [1.29, 1.82) is 0 Å². The quantitative estimate of drug-likeness (QED) is 0.721. The Kier molecular flexibility index (Phi) is 2.41. The summed E-state index contributed by atoms with van der Waals surface area (Å²) < 4.78 is 25.7. The third-order valence-electron chi connectivity index (χ3n) is 2.01. The van der Waals surface area contributed by atoms with E-state index in [0.29, 0.717) is 0 Å². The van der Waals surface area contributed by atoms with E-state index < -0.39 is 16.1 Å². The second-order valence-corrected chi connectivity index (χ2v) is 4.82. The van der Waals surface area contributed by atoms with Crippen LogP contribution in [-0.4, -0.2) is 30.2 Å². The molecular formula is C8H9N3O3S. The van der Waals surface area contributed by atoms with Gasteiger partial charge in [-0.15, -0.1) is 0 Å². The summed E-state index contributed by atoms with van der Waals surface area (Å²) in [7, 11) is -3.62. The molecule has 2 rings (SSSR count). The van der Waals surface area contributed by atoms with E-state index in [2.05, 4.69) is 4.98 Å². The van der Waals surface area contributed by atoms with Gasteiger partial charge in [-0.2, -0.15) is 12.7 Å². The Morgan fingerprint density at radius 2 is 2.07 bits per heavy atom.